The van der Waals surface area contributed by atoms with Gasteiger partial charge in [-0.25, -0.2) is 0 Å². The molecule has 1 amide bonds. The van der Waals surface area contributed by atoms with Crippen LogP contribution in [0.1, 0.15) is 4.88 Å². The quantitative estimate of drug-likeness (QED) is 0.395. The molecule has 0 aliphatic heterocycles. The predicted octanol–water partition coefficient (Wildman–Crippen LogP) is 3.95. The smallest absolute Gasteiger partial charge is 0.273 e. The number of thiophene rings is 1. The van der Waals surface area contributed by atoms with E-state index in [1.807, 2.05) is 17.0 Å². The van der Waals surface area contributed by atoms with Crippen LogP contribution in [-0.4, -0.2) is 35.9 Å². The molecule has 1 N–H and O–H groups in total. The molecule has 1 heterocycles. The summed E-state index contributed by atoms with van der Waals surface area (Å²) in [4.78, 5) is 25.6. The van der Waals surface area contributed by atoms with Gasteiger partial charge in [-0.2, -0.15) is 0 Å². The first-order valence-electron chi connectivity index (χ1n) is 7.62. The normalized spacial score (nSPS) is 10.6. The van der Waals surface area contributed by atoms with Crippen molar-refractivity contribution < 1.29 is 14.5 Å². The maximum Gasteiger partial charge on any atom is 0.273 e. The zero-order valence-corrected chi connectivity index (χ0v) is 15.7. The van der Waals surface area contributed by atoms with Gasteiger partial charge in [0.05, 0.1) is 34.7 Å². The van der Waals surface area contributed by atoms with Crippen LogP contribution in [0.5, 0.6) is 5.75 Å². The monoisotopic (exact) mass is 395 g/mol. The van der Waals surface area contributed by atoms with Crippen molar-refractivity contribution in [3.63, 3.8) is 0 Å². The van der Waals surface area contributed by atoms with Crippen molar-refractivity contribution in [2.24, 2.45) is 0 Å². The second-order valence-corrected chi connectivity index (χ2v) is 7.15. The highest BCUT2D eigenvalue weighted by Gasteiger charge is 2.16. The van der Waals surface area contributed by atoms with Crippen LogP contribution in [0.25, 0.3) is 0 Å². The first-order chi connectivity index (χ1) is 12.4. The molecule has 0 spiro atoms. The number of nitrogens with zero attached hydrogens (tertiary/aromatic N) is 2. The standard InChI is InChI=1S/C17H18ClN3O4S/c1-3-8-20(10-13-5-7-16(18)26-13)11-17(22)19-14-6-4-12(21(23)24)9-15(14)25-2/h3-7,9H,1,8,10-11H2,2H3,(H,19,22). The van der Waals surface area contributed by atoms with Crippen molar-refractivity contribution in [1.29, 1.82) is 0 Å². The summed E-state index contributed by atoms with van der Waals surface area (Å²) in [5, 5.41) is 13.6. The number of halogens is 1. The van der Waals surface area contributed by atoms with Crippen LogP contribution in [0.15, 0.2) is 43.0 Å². The molecule has 138 valence electrons. The summed E-state index contributed by atoms with van der Waals surface area (Å²) in [5.41, 5.74) is 0.267. The summed E-state index contributed by atoms with van der Waals surface area (Å²) in [7, 11) is 1.39. The maximum atomic E-state index is 12.4. The van der Waals surface area contributed by atoms with E-state index in [0.717, 1.165) is 4.88 Å². The number of anilines is 1. The summed E-state index contributed by atoms with van der Waals surface area (Å²) >= 11 is 7.40. The molecule has 0 aliphatic rings. The Hall–Kier alpha value is -2.42. The molecule has 2 aromatic rings. The van der Waals surface area contributed by atoms with Crippen LogP contribution in [0.4, 0.5) is 11.4 Å². The van der Waals surface area contributed by atoms with Gasteiger partial charge in [-0.1, -0.05) is 17.7 Å². The van der Waals surface area contributed by atoms with Gasteiger partial charge in [-0.3, -0.25) is 19.8 Å². The number of rotatable bonds is 9. The largest absolute Gasteiger partial charge is 0.494 e. The first-order valence-corrected chi connectivity index (χ1v) is 8.82. The molecule has 2 rings (SSSR count). The number of nitro benzene ring substituents is 1. The van der Waals surface area contributed by atoms with Gasteiger partial charge >= 0.3 is 0 Å². The van der Waals surface area contributed by atoms with Gasteiger partial charge in [0.15, 0.2) is 0 Å². The van der Waals surface area contributed by atoms with E-state index in [9.17, 15) is 14.9 Å². The van der Waals surface area contributed by atoms with Gasteiger partial charge in [-0.05, 0) is 18.2 Å². The van der Waals surface area contributed by atoms with Gasteiger partial charge in [0.25, 0.3) is 5.69 Å². The number of hydrogen-bond acceptors (Lipinski definition) is 6. The Morgan fingerprint density at radius 2 is 2.23 bits per heavy atom. The second-order valence-electron chi connectivity index (χ2n) is 5.35. The Kier molecular flexibility index (Phi) is 7.14. The van der Waals surface area contributed by atoms with Crippen molar-refractivity contribution >= 4 is 40.2 Å². The van der Waals surface area contributed by atoms with Crippen LogP contribution in [0, 0.1) is 10.1 Å². The molecule has 26 heavy (non-hydrogen) atoms. The number of ether oxygens (including phenoxy) is 1. The molecule has 0 unspecified atom stereocenters. The Morgan fingerprint density at radius 1 is 1.46 bits per heavy atom. The number of carbonyl (C=O) groups excluding carboxylic acids is 1. The van der Waals surface area contributed by atoms with E-state index in [2.05, 4.69) is 11.9 Å². The fraction of sp³-hybridized carbons (Fsp3) is 0.235. The molecule has 1 aromatic heterocycles. The summed E-state index contributed by atoms with van der Waals surface area (Å²) in [6.07, 6.45) is 1.72. The van der Waals surface area contributed by atoms with Gasteiger partial charge < -0.3 is 10.1 Å². The Bertz CT molecular complexity index is 809. The number of benzene rings is 1. The third kappa shape index (κ3) is 5.55. The van der Waals surface area contributed by atoms with Gasteiger partial charge in [0.2, 0.25) is 5.91 Å². The number of amides is 1. The molecular formula is C17H18ClN3O4S. The molecule has 0 bridgehead atoms. The highest BCUT2D eigenvalue weighted by Crippen LogP contribution is 2.29. The van der Waals surface area contributed by atoms with E-state index in [1.165, 1.54) is 36.6 Å². The minimum atomic E-state index is -0.522. The lowest BCUT2D eigenvalue weighted by molar-refractivity contribution is -0.384. The topological polar surface area (TPSA) is 84.7 Å². The minimum absolute atomic E-state index is 0.109. The molecule has 1 aromatic carbocycles. The van der Waals surface area contributed by atoms with Crippen LogP contribution < -0.4 is 10.1 Å². The summed E-state index contributed by atoms with van der Waals surface area (Å²) in [6.45, 7) is 4.93. The molecular weight excluding hydrogens is 378 g/mol. The molecule has 9 heteroatoms. The molecule has 0 aliphatic carbocycles. The fourth-order valence-electron chi connectivity index (χ4n) is 2.31. The molecule has 0 radical (unpaired) electrons. The number of carbonyl (C=O) groups is 1. The highest BCUT2D eigenvalue weighted by molar-refractivity contribution is 7.16. The van der Waals surface area contributed by atoms with E-state index >= 15 is 0 Å². The SMILES string of the molecule is C=CCN(CC(=O)Nc1ccc([N+](=O)[O-])cc1OC)Cc1ccc(Cl)s1. The average Bonchev–Trinajstić information content (AvgIpc) is 3.00. The lowest BCUT2D eigenvalue weighted by atomic mass is 10.2. The van der Waals surface area contributed by atoms with Crippen LogP contribution in [0.3, 0.4) is 0 Å². The van der Waals surface area contributed by atoms with Gasteiger partial charge in [-0.15, -0.1) is 17.9 Å². The Morgan fingerprint density at radius 3 is 2.81 bits per heavy atom. The van der Waals surface area contributed by atoms with Crippen molar-refractivity contribution in [2.75, 3.05) is 25.5 Å². The van der Waals surface area contributed by atoms with E-state index in [-0.39, 0.29) is 23.9 Å². The fourth-order valence-corrected chi connectivity index (χ4v) is 3.44. The van der Waals surface area contributed by atoms with Crippen LogP contribution in [-0.2, 0) is 11.3 Å². The molecule has 0 saturated carbocycles. The lowest BCUT2D eigenvalue weighted by Gasteiger charge is -2.19. The number of nitro groups is 1. The zero-order valence-electron chi connectivity index (χ0n) is 14.1. The Labute approximate surface area is 160 Å². The Balaban J connectivity index is 2.05. The number of methoxy groups -OCH3 is 1. The van der Waals surface area contributed by atoms with E-state index in [4.69, 9.17) is 16.3 Å². The molecule has 0 saturated heterocycles. The van der Waals surface area contributed by atoms with Crippen molar-refractivity contribution in [2.45, 2.75) is 6.54 Å². The van der Waals surface area contributed by atoms with Crippen molar-refractivity contribution in [1.82, 2.24) is 4.90 Å². The summed E-state index contributed by atoms with van der Waals surface area (Å²) in [6, 6.07) is 7.76. The lowest BCUT2D eigenvalue weighted by Crippen LogP contribution is -2.32. The highest BCUT2D eigenvalue weighted by atomic mass is 35.5. The summed E-state index contributed by atoms with van der Waals surface area (Å²) < 4.78 is 5.82. The maximum absolute atomic E-state index is 12.4. The second kappa shape index (κ2) is 9.33. The minimum Gasteiger partial charge on any atom is -0.494 e. The van der Waals surface area contributed by atoms with Crippen molar-refractivity contribution in [3.05, 3.63) is 62.3 Å². The molecule has 0 atom stereocenters. The zero-order chi connectivity index (χ0) is 19.1. The summed E-state index contributed by atoms with van der Waals surface area (Å²) in [5.74, 6) is -0.0329. The number of nitrogens with one attached hydrogen (secondary N) is 1. The van der Waals surface area contributed by atoms with Gasteiger partial charge in [0, 0.05) is 24.0 Å². The van der Waals surface area contributed by atoms with E-state index in [1.54, 1.807) is 6.08 Å². The van der Waals surface area contributed by atoms with E-state index < -0.39 is 4.92 Å². The first kappa shape index (κ1) is 19.9. The average molecular weight is 396 g/mol. The van der Waals surface area contributed by atoms with Crippen LogP contribution in [0.2, 0.25) is 4.34 Å². The van der Waals surface area contributed by atoms with Crippen molar-refractivity contribution in [3.8, 4) is 5.75 Å². The third-order valence-electron chi connectivity index (χ3n) is 3.43. The van der Waals surface area contributed by atoms with E-state index in [0.29, 0.717) is 23.1 Å². The third-order valence-corrected chi connectivity index (χ3v) is 4.65. The predicted molar refractivity (Wildman–Crippen MR) is 103 cm³/mol. The number of hydrogen-bond donors (Lipinski definition) is 1. The van der Waals surface area contributed by atoms with Crippen LogP contribution >= 0.6 is 22.9 Å². The number of non-ortho nitro benzene ring substituents is 1. The van der Waals surface area contributed by atoms with Gasteiger partial charge in [0.1, 0.15) is 5.75 Å². The molecule has 7 nitrogen and oxygen atoms in total. The molecule has 0 fully saturated rings.